The van der Waals surface area contributed by atoms with Crippen LogP contribution < -0.4 is 0 Å². The van der Waals surface area contributed by atoms with Crippen molar-refractivity contribution in [3.05, 3.63) is 0 Å². The van der Waals surface area contributed by atoms with E-state index in [2.05, 4.69) is 15.9 Å². The maximum absolute atomic E-state index is 8.56. The summed E-state index contributed by atoms with van der Waals surface area (Å²) >= 11 is 3.59. The van der Waals surface area contributed by atoms with E-state index in [0.717, 1.165) is 4.83 Å². The molecule has 1 aliphatic carbocycles. The number of halogens is 1. The van der Waals surface area contributed by atoms with Crippen LogP contribution in [0.3, 0.4) is 0 Å². The highest BCUT2D eigenvalue weighted by atomic mass is 79.9. The molecule has 0 bridgehead atoms. The van der Waals surface area contributed by atoms with E-state index in [1.165, 1.54) is 32.1 Å². The van der Waals surface area contributed by atoms with Gasteiger partial charge in [-0.1, -0.05) is 35.2 Å². The van der Waals surface area contributed by atoms with Crippen LogP contribution in [0.25, 0.3) is 0 Å². The molecule has 0 aliphatic heterocycles. The van der Waals surface area contributed by atoms with Gasteiger partial charge in [0.2, 0.25) is 0 Å². The van der Waals surface area contributed by atoms with Crippen LogP contribution in [-0.2, 0) is 0 Å². The molecular weight excluding hydrogens is 212 g/mol. The summed E-state index contributed by atoms with van der Waals surface area (Å²) in [6.07, 6.45) is 5.31. The van der Waals surface area contributed by atoms with Crippen molar-refractivity contribution in [1.82, 2.24) is 0 Å². The van der Waals surface area contributed by atoms with Crippen molar-refractivity contribution in [3.8, 4) is 0 Å². The Balaban J connectivity index is 0.000000218. The molecular formula is C7H13BrO3. The zero-order valence-electron chi connectivity index (χ0n) is 6.29. The van der Waals surface area contributed by atoms with Crippen LogP contribution in [0.1, 0.15) is 32.1 Å². The highest BCUT2D eigenvalue weighted by molar-refractivity contribution is 9.09. The van der Waals surface area contributed by atoms with Gasteiger partial charge in [-0.15, -0.1) is 0 Å². The van der Waals surface area contributed by atoms with Gasteiger partial charge in [0.25, 0.3) is 0 Å². The average molecular weight is 225 g/mol. The fraction of sp³-hybridized carbons (Fsp3) is 0.857. The molecule has 11 heavy (non-hydrogen) atoms. The molecule has 66 valence electrons. The van der Waals surface area contributed by atoms with E-state index in [1.807, 2.05) is 0 Å². The second kappa shape index (κ2) is 6.46. The van der Waals surface area contributed by atoms with E-state index >= 15 is 0 Å². The van der Waals surface area contributed by atoms with Crippen molar-refractivity contribution in [3.63, 3.8) is 0 Å². The standard InChI is InChI=1S/C6H11Br.CH2O3/c7-6-4-2-1-3-5-6;2-1(3)4/h6H,1-5H2;(H2,2,3,4). The third kappa shape index (κ3) is 9.75. The molecule has 0 aromatic heterocycles. The minimum atomic E-state index is -1.83. The molecule has 1 saturated carbocycles. The summed E-state index contributed by atoms with van der Waals surface area (Å²) in [5.41, 5.74) is 0. The van der Waals surface area contributed by atoms with E-state index < -0.39 is 6.16 Å². The Morgan fingerprint density at radius 2 is 1.55 bits per heavy atom. The number of carbonyl (C=O) groups is 1. The molecule has 0 heterocycles. The van der Waals surface area contributed by atoms with Crippen LogP contribution in [0.2, 0.25) is 0 Å². The van der Waals surface area contributed by atoms with Crippen molar-refractivity contribution in [2.24, 2.45) is 0 Å². The van der Waals surface area contributed by atoms with Gasteiger partial charge in [-0.25, -0.2) is 4.79 Å². The normalized spacial score (nSPS) is 18.3. The van der Waals surface area contributed by atoms with Gasteiger partial charge in [-0.2, -0.15) is 0 Å². The van der Waals surface area contributed by atoms with Crippen LogP contribution in [-0.4, -0.2) is 21.2 Å². The largest absolute Gasteiger partial charge is 0.503 e. The SMILES string of the molecule is BrC1CCCCC1.O=C(O)O. The molecule has 0 amide bonds. The van der Waals surface area contributed by atoms with E-state index in [-0.39, 0.29) is 0 Å². The summed E-state index contributed by atoms with van der Waals surface area (Å²) < 4.78 is 0. The van der Waals surface area contributed by atoms with Gasteiger partial charge < -0.3 is 10.2 Å². The molecule has 3 nitrogen and oxygen atoms in total. The first kappa shape index (κ1) is 10.8. The van der Waals surface area contributed by atoms with Crippen molar-refractivity contribution in [1.29, 1.82) is 0 Å². The molecule has 1 fully saturated rings. The predicted octanol–water partition coefficient (Wildman–Crippen LogP) is 2.94. The Labute approximate surface area is 74.5 Å². The summed E-state index contributed by atoms with van der Waals surface area (Å²) in [5, 5.41) is 13.9. The lowest BCUT2D eigenvalue weighted by Gasteiger charge is -2.13. The molecule has 0 aromatic rings. The number of hydrogen-bond acceptors (Lipinski definition) is 1. The van der Waals surface area contributed by atoms with Gasteiger partial charge in [0, 0.05) is 4.83 Å². The monoisotopic (exact) mass is 224 g/mol. The fourth-order valence-electron chi connectivity index (χ4n) is 1.05. The first-order valence-electron chi connectivity index (χ1n) is 3.69. The number of carboxylic acid groups (broad SMARTS) is 2. The Bertz CT molecular complexity index is 106. The summed E-state index contributed by atoms with van der Waals surface area (Å²) in [4.78, 5) is 9.40. The lowest BCUT2D eigenvalue weighted by Crippen LogP contribution is -2.02. The number of alkyl halides is 1. The van der Waals surface area contributed by atoms with Crippen LogP contribution >= 0.6 is 15.9 Å². The van der Waals surface area contributed by atoms with Crippen LogP contribution in [0, 0.1) is 0 Å². The fourth-order valence-corrected chi connectivity index (χ4v) is 1.70. The van der Waals surface area contributed by atoms with Crippen molar-refractivity contribution < 1.29 is 15.0 Å². The lowest BCUT2D eigenvalue weighted by atomic mass is 10.0. The van der Waals surface area contributed by atoms with Gasteiger partial charge in [0.05, 0.1) is 0 Å². The molecule has 0 atom stereocenters. The Morgan fingerprint density at radius 3 is 1.73 bits per heavy atom. The third-order valence-electron chi connectivity index (χ3n) is 1.53. The second-order valence-corrected chi connectivity index (χ2v) is 3.81. The van der Waals surface area contributed by atoms with Gasteiger partial charge in [-0.05, 0) is 12.8 Å². The van der Waals surface area contributed by atoms with Gasteiger partial charge in [0.15, 0.2) is 0 Å². The highest BCUT2D eigenvalue weighted by Crippen LogP contribution is 2.22. The van der Waals surface area contributed by atoms with Crippen LogP contribution in [0.4, 0.5) is 4.79 Å². The first-order valence-corrected chi connectivity index (χ1v) is 4.60. The molecule has 0 radical (unpaired) electrons. The van der Waals surface area contributed by atoms with Gasteiger partial charge in [0.1, 0.15) is 0 Å². The van der Waals surface area contributed by atoms with E-state index in [0.29, 0.717) is 0 Å². The molecule has 1 aliphatic rings. The lowest BCUT2D eigenvalue weighted by molar-refractivity contribution is 0.137. The smallest absolute Gasteiger partial charge is 0.450 e. The molecule has 0 spiro atoms. The van der Waals surface area contributed by atoms with Crippen LogP contribution in [0.5, 0.6) is 0 Å². The molecule has 4 heteroatoms. The van der Waals surface area contributed by atoms with Crippen molar-refractivity contribution in [2.45, 2.75) is 36.9 Å². The van der Waals surface area contributed by atoms with Crippen molar-refractivity contribution in [2.75, 3.05) is 0 Å². The zero-order chi connectivity index (χ0) is 8.69. The third-order valence-corrected chi connectivity index (χ3v) is 2.45. The Morgan fingerprint density at radius 1 is 1.18 bits per heavy atom. The quantitative estimate of drug-likeness (QED) is 0.623. The molecule has 0 aromatic carbocycles. The van der Waals surface area contributed by atoms with Crippen molar-refractivity contribution >= 4 is 22.1 Å². The Kier molecular flexibility index (Phi) is 6.31. The highest BCUT2D eigenvalue weighted by Gasteiger charge is 2.07. The van der Waals surface area contributed by atoms with E-state index in [1.54, 1.807) is 0 Å². The minimum Gasteiger partial charge on any atom is -0.450 e. The number of hydrogen-bond donors (Lipinski definition) is 2. The average Bonchev–Trinajstić information content (AvgIpc) is 1.87. The second-order valence-electron chi connectivity index (χ2n) is 2.52. The molecule has 2 N–H and O–H groups in total. The van der Waals surface area contributed by atoms with Gasteiger partial charge in [-0.3, -0.25) is 0 Å². The van der Waals surface area contributed by atoms with Gasteiger partial charge >= 0.3 is 6.16 Å². The van der Waals surface area contributed by atoms with E-state index in [9.17, 15) is 0 Å². The zero-order valence-corrected chi connectivity index (χ0v) is 7.88. The topological polar surface area (TPSA) is 57.5 Å². The number of rotatable bonds is 0. The summed E-state index contributed by atoms with van der Waals surface area (Å²) in [6.45, 7) is 0. The minimum absolute atomic E-state index is 0.848. The summed E-state index contributed by atoms with van der Waals surface area (Å²) in [7, 11) is 0. The predicted molar refractivity (Wildman–Crippen MR) is 46.5 cm³/mol. The first-order chi connectivity index (χ1) is 5.13. The van der Waals surface area contributed by atoms with E-state index in [4.69, 9.17) is 15.0 Å². The molecule has 0 saturated heterocycles. The Hall–Kier alpha value is -0.250. The molecule has 1 rings (SSSR count). The maximum Gasteiger partial charge on any atom is 0.503 e. The van der Waals surface area contributed by atoms with Crippen LogP contribution in [0.15, 0.2) is 0 Å². The maximum atomic E-state index is 8.56. The summed E-state index contributed by atoms with van der Waals surface area (Å²) in [6, 6.07) is 0. The summed E-state index contributed by atoms with van der Waals surface area (Å²) in [5.74, 6) is 0. The molecule has 0 unspecified atom stereocenters.